The predicted molar refractivity (Wildman–Crippen MR) is 81.0 cm³/mol. The summed E-state index contributed by atoms with van der Waals surface area (Å²) in [7, 11) is 0. The van der Waals surface area contributed by atoms with Crippen LogP contribution in [0.25, 0.3) is 0 Å². The SMILES string of the molecule is NCC(Nc1cccc(Br)c1)c1cc(Cl)ccc1F. The van der Waals surface area contributed by atoms with Gasteiger partial charge in [0.1, 0.15) is 5.82 Å². The van der Waals surface area contributed by atoms with E-state index in [0.717, 1.165) is 10.2 Å². The zero-order valence-corrected chi connectivity index (χ0v) is 12.4. The molecule has 0 aliphatic carbocycles. The van der Waals surface area contributed by atoms with E-state index >= 15 is 0 Å². The Morgan fingerprint density at radius 1 is 1.26 bits per heavy atom. The number of benzene rings is 2. The topological polar surface area (TPSA) is 38.0 Å². The van der Waals surface area contributed by atoms with Gasteiger partial charge in [0, 0.05) is 27.3 Å². The molecule has 100 valence electrons. The lowest BCUT2D eigenvalue weighted by molar-refractivity contribution is 0.593. The summed E-state index contributed by atoms with van der Waals surface area (Å²) in [6.07, 6.45) is 0. The van der Waals surface area contributed by atoms with Crippen molar-refractivity contribution in [3.63, 3.8) is 0 Å². The summed E-state index contributed by atoms with van der Waals surface area (Å²) in [5, 5.41) is 3.69. The molecule has 0 amide bonds. The smallest absolute Gasteiger partial charge is 0.128 e. The molecule has 0 aliphatic rings. The van der Waals surface area contributed by atoms with Gasteiger partial charge in [-0.3, -0.25) is 0 Å². The van der Waals surface area contributed by atoms with Gasteiger partial charge in [-0.15, -0.1) is 0 Å². The van der Waals surface area contributed by atoms with Gasteiger partial charge in [-0.1, -0.05) is 33.6 Å². The Balaban J connectivity index is 2.27. The van der Waals surface area contributed by atoms with E-state index in [0.29, 0.717) is 10.6 Å². The minimum atomic E-state index is -0.326. The monoisotopic (exact) mass is 342 g/mol. The highest BCUT2D eigenvalue weighted by Crippen LogP contribution is 2.25. The van der Waals surface area contributed by atoms with Gasteiger partial charge in [0.25, 0.3) is 0 Å². The lowest BCUT2D eigenvalue weighted by Gasteiger charge is -2.19. The van der Waals surface area contributed by atoms with Gasteiger partial charge in [0.15, 0.2) is 0 Å². The highest BCUT2D eigenvalue weighted by atomic mass is 79.9. The van der Waals surface area contributed by atoms with Crippen LogP contribution < -0.4 is 11.1 Å². The van der Waals surface area contributed by atoms with Gasteiger partial charge in [0.2, 0.25) is 0 Å². The Morgan fingerprint density at radius 2 is 2.05 bits per heavy atom. The van der Waals surface area contributed by atoms with E-state index < -0.39 is 0 Å². The molecule has 5 heteroatoms. The lowest BCUT2D eigenvalue weighted by Crippen LogP contribution is -2.21. The molecule has 1 atom stereocenters. The van der Waals surface area contributed by atoms with Crippen molar-refractivity contribution in [3.8, 4) is 0 Å². The molecule has 0 fully saturated rings. The van der Waals surface area contributed by atoms with E-state index in [9.17, 15) is 4.39 Å². The standard InChI is InChI=1S/C14H13BrClFN2/c15-9-2-1-3-11(6-9)19-14(8-18)12-7-10(16)4-5-13(12)17/h1-7,14,19H,8,18H2. The number of anilines is 1. The fourth-order valence-electron chi connectivity index (χ4n) is 1.82. The fraction of sp³-hybridized carbons (Fsp3) is 0.143. The number of nitrogens with one attached hydrogen (secondary N) is 1. The third-order valence-corrected chi connectivity index (χ3v) is 3.46. The van der Waals surface area contributed by atoms with Crippen LogP contribution in [0.4, 0.5) is 10.1 Å². The molecule has 3 N–H and O–H groups in total. The minimum absolute atomic E-state index is 0.268. The number of halogens is 3. The molecule has 1 unspecified atom stereocenters. The molecule has 2 nitrogen and oxygen atoms in total. The van der Waals surface area contributed by atoms with E-state index in [1.165, 1.54) is 12.1 Å². The first-order valence-corrected chi connectivity index (χ1v) is 6.94. The van der Waals surface area contributed by atoms with E-state index in [1.54, 1.807) is 6.07 Å². The quantitative estimate of drug-likeness (QED) is 0.866. The first kappa shape index (κ1) is 14.3. The van der Waals surface area contributed by atoms with Gasteiger partial charge >= 0.3 is 0 Å². The number of rotatable bonds is 4. The van der Waals surface area contributed by atoms with Crippen LogP contribution in [-0.4, -0.2) is 6.54 Å². The molecule has 2 aromatic carbocycles. The van der Waals surface area contributed by atoms with Crippen LogP contribution in [0, 0.1) is 5.82 Å². The maximum absolute atomic E-state index is 13.8. The Labute approximate surface area is 124 Å². The van der Waals surface area contributed by atoms with Crippen LogP contribution in [0.3, 0.4) is 0 Å². The van der Waals surface area contributed by atoms with Crippen LogP contribution in [0.5, 0.6) is 0 Å². The molecular weight excluding hydrogens is 331 g/mol. The first-order chi connectivity index (χ1) is 9.10. The summed E-state index contributed by atoms with van der Waals surface area (Å²) < 4.78 is 14.8. The summed E-state index contributed by atoms with van der Waals surface area (Å²) in [6.45, 7) is 0.268. The summed E-state index contributed by atoms with van der Waals surface area (Å²) in [5.74, 6) is -0.317. The van der Waals surface area contributed by atoms with Crippen LogP contribution in [-0.2, 0) is 0 Å². The third kappa shape index (κ3) is 3.69. The average molecular weight is 344 g/mol. The van der Waals surface area contributed by atoms with E-state index in [1.807, 2.05) is 24.3 Å². The highest BCUT2D eigenvalue weighted by molar-refractivity contribution is 9.10. The van der Waals surface area contributed by atoms with Crippen molar-refractivity contribution in [1.29, 1.82) is 0 Å². The van der Waals surface area contributed by atoms with Crippen molar-refractivity contribution in [2.24, 2.45) is 5.73 Å². The molecule has 0 bridgehead atoms. The molecule has 2 aromatic rings. The highest BCUT2D eigenvalue weighted by Gasteiger charge is 2.14. The Bertz CT molecular complexity index is 577. The molecule has 19 heavy (non-hydrogen) atoms. The van der Waals surface area contributed by atoms with Crippen LogP contribution in [0.1, 0.15) is 11.6 Å². The number of nitrogens with two attached hydrogens (primary N) is 1. The van der Waals surface area contributed by atoms with Gasteiger partial charge in [-0.25, -0.2) is 4.39 Å². The van der Waals surface area contributed by atoms with E-state index in [-0.39, 0.29) is 18.4 Å². The maximum Gasteiger partial charge on any atom is 0.128 e. The van der Waals surface area contributed by atoms with Crippen LogP contribution in [0.15, 0.2) is 46.9 Å². The van der Waals surface area contributed by atoms with Gasteiger partial charge in [-0.2, -0.15) is 0 Å². The zero-order valence-electron chi connectivity index (χ0n) is 10.0. The summed E-state index contributed by atoms with van der Waals surface area (Å²) >= 11 is 9.29. The lowest BCUT2D eigenvalue weighted by atomic mass is 10.1. The molecule has 0 aromatic heterocycles. The second kappa shape index (κ2) is 6.37. The summed E-state index contributed by atoms with van der Waals surface area (Å²) in [5.41, 5.74) is 7.06. The summed E-state index contributed by atoms with van der Waals surface area (Å²) in [6, 6.07) is 11.8. The van der Waals surface area contributed by atoms with Crippen molar-refractivity contribution in [2.75, 3.05) is 11.9 Å². The van der Waals surface area contributed by atoms with Crippen molar-refractivity contribution in [1.82, 2.24) is 0 Å². The molecule has 0 heterocycles. The maximum atomic E-state index is 13.8. The normalized spacial score (nSPS) is 12.2. The third-order valence-electron chi connectivity index (χ3n) is 2.73. The zero-order chi connectivity index (χ0) is 13.8. The molecule has 0 aliphatic heterocycles. The molecular formula is C14H13BrClFN2. The van der Waals surface area contributed by atoms with Gasteiger partial charge < -0.3 is 11.1 Å². The van der Waals surface area contributed by atoms with Crippen molar-refractivity contribution < 1.29 is 4.39 Å². The van der Waals surface area contributed by atoms with Crippen molar-refractivity contribution in [3.05, 3.63) is 63.3 Å². The van der Waals surface area contributed by atoms with Crippen molar-refractivity contribution in [2.45, 2.75) is 6.04 Å². The van der Waals surface area contributed by atoms with E-state index in [4.69, 9.17) is 17.3 Å². The average Bonchev–Trinajstić information content (AvgIpc) is 2.39. The number of hydrogen-bond donors (Lipinski definition) is 2. The Morgan fingerprint density at radius 3 is 2.74 bits per heavy atom. The Hall–Kier alpha value is -1.10. The van der Waals surface area contributed by atoms with Gasteiger partial charge in [-0.05, 0) is 36.4 Å². The van der Waals surface area contributed by atoms with Crippen molar-refractivity contribution >= 4 is 33.2 Å². The largest absolute Gasteiger partial charge is 0.377 e. The second-order valence-electron chi connectivity index (χ2n) is 4.11. The van der Waals surface area contributed by atoms with Gasteiger partial charge in [0.05, 0.1) is 6.04 Å². The Kier molecular flexibility index (Phi) is 4.80. The molecule has 0 radical (unpaired) electrons. The fourth-order valence-corrected chi connectivity index (χ4v) is 2.40. The van der Waals surface area contributed by atoms with E-state index in [2.05, 4.69) is 21.2 Å². The molecule has 0 saturated carbocycles. The first-order valence-electron chi connectivity index (χ1n) is 5.77. The van der Waals surface area contributed by atoms with Crippen LogP contribution >= 0.6 is 27.5 Å². The minimum Gasteiger partial charge on any atom is -0.377 e. The molecule has 0 saturated heterocycles. The van der Waals surface area contributed by atoms with Crippen LogP contribution in [0.2, 0.25) is 5.02 Å². The summed E-state index contributed by atoms with van der Waals surface area (Å²) in [4.78, 5) is 0. The second-order valence-corrected chi connectivity index (χ2v) is 5.46. The predicted octanol–water partition coefficient (Wildman–Crippen LogP) is 4.35. The molecule has 0 spiro atoms. The number of hydrogen-bond acceptors (Lipinski definition) is 2. The molecule has 2 rings (SSSR count).